The second kappa shape index (κ2) is 13.4. The number of rotatable bonds is 11. The molecule has 0 N–H and O–H groups in total. The van der Waals surface area contributed by atoms with Gasteiger partial charge in [0.2, 0.25) is 5.91 Å². The van der Waals surface area contributed by atoms with E-state index in [1.807, 2.05) is 64.2 Å². The van der Waals surface area contributed by atoms with Crippen LogP contribution in [0.1, 0.15) is 48.4 Å². The third kappa shape index (κ3) is 5.48. The Balaban J connectivity index is 1.24. The molecule has 0 saturated carbocycles. The zero-order chi connectivity index (χ0) is 33.9. The summed E-state index contributed by atoms with van der Waals surface area (Å²) in [4.78, 5) is 19.0. The van der Waals surface area contributed by atoms with Crippen molar-refractivity contribution in [2.45, 2.75) is 38.3 Å². The van der Waals surface area contributed by atoms with Gasteiger partial charge in [0.05, 0.1) is 6.54 Å². The van der Waals surface area contributed by atoms with Crippen molar-refractivity contribution < 1.29 is 9.21 Å². The molecule has 0 spiro atoms. The molecule has 8 rings (SSSR count). The number of furan rings is 1. The maximum atomic E-state index is 12.7. The summed E-state index contributed by atoms with van der Waals surface area (Å²) >= 11 is 0. The van der Waals surface area contributed by atoms with E-state index in [4.69, 9.17) is 9.63 Å². The van der Waals surface area contributed by atoms with Gasteiger partial charge in [0.15, 0.2) is 5.82 Å². The average Bonchev–Trinajstić information content (AvgIpc) is 3.92. The van der Waals surface area contributed by atoms with Gasteiger partial charge in [-0.25, -0.2) is 4.68 Å². The first-order valence-corrected chi connectivity index (χ1v) is 17.1. The minimum absolute atomic E-state index is 0.0494. The van der Waals surface area contributed by atoms with Crippen LogP contribution in [0.3, 0.4) is 0 Å². The molecule has 8 nitrogen and oxygen atoms in total. The molecule has 246 valence electrons. The van der Waals surface area contributed by atoms with Gasteiger partial charge in [-0.15, -0.1) is 5.10 Å². The molecule has 50 heavy (non-hydrogen) atoms. The summed E-state index contributed by atoms with van der Waals surface area (Å²) in [6.45, 7) is 2.87. The van der Waals surface area contributed by atoms with E-state index in [0.29, 0.717) is 18.1 Å². The Hall–Kier alpha value is -6.15. The van der Waals surface area contributed by atoms with Gasteiger partial charge < -0.3 is 4.42 Å². The maximum absolute atomic E-state index is 12.7. The summed E-state index contributed by atoms with van der Waals surface area (Å²) in [7, 11) is 0. The zero-order valence-corrected chi connectivity index (χ0v) is 27.8. The molecule has 0 fully saturated rings. The van der Waals surface area contributed by atoms with E-state index in [1.54, 1.807) is 0 Å². The lowest BCUT2D eigenvalue weighted by Crippen LogP contribution is -2.39. The molecule has 0 bridgehead atoms. The number of fused-ring (bicyclic) bond motifs is 1. The molecule has 1 aliphatic rings. The number of amides is 1. The molecule has 0 unspecified atom stereocenters. The van der Waals surface area contributed by atoms with Crippen molar-refractivity contribution in [1.29, 1.82) is 0 Å². The summed E-state index contributed by atoms with van der Waals surface area (Å²) in [5, 5.41) is 14.7. The third-order valence-electron chi connectivity index (χ3n) is 9.48. The predicted molar refractivity (Wildman–Crippen MR) is 195 cm³/mol. The molecule has 1 aliphatic heterocycles. The predicted octanol–water partition coefficient (Wildman–Crippen LogP) is 8.52. The quantitative estimate of drug-likeness (QED) is 0.130. The van der Waals surface area contributed by atoms with Gasteiger partial charge in [-0.2, -0.15) is 0 Å². The first-order chi connectivity index (χ1) is 24.7. The number of amidine groups is 1. The zero-order valence-electron chi connectivity index (χ0n) is 27.8. The van der Waals surface area contributed by atoms with Crippen LogP contribution < -0.4 is 0 Å². The number of aliphatic imine (C=N–C) groups is 1. The van der Waals surface area contributed by atoms with Crippen molar-refractivity contribution in [2.24, 2.45) is 4.99 Å². The van der Waals surface area contributed by atoms with Crippen LogP contribution in [0, 0.1) is 0 Å². The van der Waals surface area contributed by atoms with Gasteiger partial charge in [-0.3, -0.25) is 14.7 Å². The Morgan fingerprint density at radius 2 is 1.36 bits per heavy atom. The minimum Gasteiger partial charge on any atom is -0.456 e. The Bertz CT molecular complexity index is 2200. The van der Waals surface area contributed by atoms with Gasteiger partial charge in [-0.1, -0.05) is 135 Å². The molecule has 0 saturated heterocycles. The minimum atomic E-state index is -0.884. The second-order valence-electron chi connectivity index (χ2n) is 12.6. The number of tetrazole rings is 1. The van der Waals surface area contributed by atoms with Crippen molar-refractivity contribution in [3.8, 4) is 22.7 Å². The molecule has 0 radical (unpaired) electrons. The van der Waals surface area contributed by atoms with Crippen LogP contribution in [0.2, 0.25) is 0 Å². The van der Waals surface area contributed by atoms with E-state index in [1.165, 1.54) is 0 Å². The lowest BCUT2D eigenvalue weighted by atomic mass is 9.77. The molecule has 8 heteroatoms. The van der Waals surface area contributed by atoms with E-state index in [9.17, 15) is 4.79 Å². The van der Waals surface area contributed by atoms with Crippen LogP contribution in [0.5, 0.6) is 0 Å². The van der Waals surface area contributed by atoms with Crippen molar-refractivity contribution in [3.05, 3.63) is 162 Å². The number of carbonyl (C=O) groups is 1. The van der Waals surface area contributed by atoms with Crippen LogP contribution in [-0.2, 0) is 16.9 Å². The molecule has 0 aliphatic carbocycles. The number of hydrogen-bond acceptors (Lipinski definition) is 6. The van der Waals surface area contributed by atoms with E-state index in [-0.39, 0.29) is 12.5 Å². The van der Waals surface area contributed by atoms with Crippen molar-refractivity contribution in [2.75, 3.05) is 6.54 Å². The number of carbonyl (C=O) groups excluding carboxylic acids is 1. The van der Waals surface area contributed by atoms with Crippen LogP contribution in [0.4, 0.5) is 0 Å². The highest BCUT2D eigenvalue weighted by atomic mass is 16.3. The van der Waals surface area contributed by atoms with Crippen LogP contribution >= 0.6 is 0 Å². The fourth-order valence-electron chi connectivity index (χ4n) is 7.09. The van der Waals surface area contributed by atoms with E-state index in [2.05, 4.69) is 107 Å². The highest BCUT2D eigenvalue weighted by Crippen LogP contribution is 2.43. The largest absolute Gasteiger partial charge is 0.456 e. The topological polar surface area (TPSA) is 89.4 Å². The van der Waals surface area contributed by atoms with E-state index < -0.39 is 5.54 Å². The molecule has 7 aromatic rings. The van der Waals surface area contributed by atoms with Gasteiger partial charge in [-0.05, 0) is 57.3 Å². The van der Waals surface area contributed by atoms with Crippen LogP contribution in [0.15, 0.2) is 149 Å². The Labute approximate surface area is 290 Å². The second-order valence-corrected chi connectivity index (χ2v) is 12.6. The summed E-state index contributed by atoms with van der Waals surface area (Å²) < 4.78 is 8.45. The fourth-order valence-corrected chi connectivity index (χ4v) is 7.09. The van der Waals surface area contributed by atoms with Gasteiger partial charge in [0.1, 0.15) is 29.3 Å². The average molecular weight is 657 g/mol. The first-order valence-electron chi connectivity index (χ1n) is 17.1. The Morgan fingerprint density at radius 3 is 2.00 bits per heavy atom. The smallest absolute Gasteiger partial charge is 0.249 e. The lowest BCUT2D eigenvalue weighted by molar-refractivity contribution is -0.125. The molecule has 5 aromatic carbocycles. The maximum Gasteiger partial charge on any atom is 0.249 e. The lowest BCUT2D eigenvalue weighted by Gasteiger charge is -2.36. The number of unbranched alkanes of at least 4 members (excludes halogenated alkanes) is 1. The number of nitrogens with zero attached hydrogens (tertiary/aromatic N) is 6. The molecular formula is C42H36N6O2. The molecule has 1 amide bonds. The molecule has 2 aromatic heterocycles. The Kier molecular flexibility index (Phi) is 8.34. The third-order valence-corrected chi connectivity index (χ3v) is 9.48. The van der Waals surface area contributed by atoms with Crippen molar-refractivity contribution in [1.82, 2.24) is 25.1 Å². The summed E-state index contributed by atoms with van der Waals surface area (Å²) in [5.74, 6) is 2.24. The van der Waals surface area contributed by atoms with Gasteiger partial charge in [0.25, 0.3) is 0 Å². The molecule has 3 heterocycles. The first kappa shape index (κ1) is 31.1. The summed E-state index contributed by atoms with van der Waals surface area (Å²) in [6.07, 6.45) is 2.89. The number of aromatic nitrogens is 4. The molecular weight excluding hydrogens is 621 g/mol. The fraction of sp³-hybridized carbons (Fsp3) is 0.167. The van der Waals surface area contributed by atoms with Crippen LogP contribution in [-0.4, -0.2) is 43.4 Å². The van der Waals surface area contributed by atoms with Gasteiger partial charge in [0, 0.05) is 22.9 Å². The standard InChI is InChI=1S/C42H36N6O2/c1-2-3-23-39-43-28-40(49)47(39)29-30-24-25-37-31(26-30)27-38(50-37)35-21-13-14-22-36(35)41-44-45-46-48(41)42(32-15-7-4-8-16-32,33-17-9-5-10-18-33)34-19-11-6-12-20-34/h4-22,24-27H,2-3,23,28-29H2,1H3. The van der Waals surface area contributed by atoms with Gasteiger partial charge >= 0.3 is 0 Å². The monoisotopic (exact) mass is 656 g/mol. The number of benzene rings is 5. The normalized spacial score (nSPS) is 13.3. The van der Waals surface area contributed by atoms with E-state index in [0.717, 1.165) is 69.4 Å². The highest BCUT2D eigenvalue weighted by molar-refractivity contribution is 6.04. The van der Waals surface area contributed by atoms with Crippen LogP contribution in [0.25, 0.3) is 33.7 Å². The highest BCUT2D eigenvalue weighted by Gasteiger charge is 2.42. The van der Waals surface area contributed by atoms with E-state index >= 15 is 0 Å². The summed E-state index contributed by atoms with van der Waals surface area (Å²) in [5.41, 5.74) is 5.69. The van der Waals surface area contributed by atoms with Crippen molar-refractivity contribution >= 4 is 22.7 Å². The van der Waals surface area contributed by atoms with Crippen molar-refractivity contribution in [3.63, 3.8) is 0 Å². The Morgan fingerprint density at radius 1 is 0.740 bits per heavy atom. The summed E-state index contributed by atoms with van der Waals surface area (Å²) in [6, 6.07) is 47.4. The number of hydrogen-bond donors (Lipinski definition) is 0. The SMILES string of the molecule is CCCCC1=NCC(=O)N1Cc1ccc2oc(-c3ccccc3-c3nnnn3C(c3ccccc3)(c3ccccc3)c3ccccc3)cc2c1. The molecule has 0 atom stereocenters.